The van der Waals surface area contributed by atoms with Crippen molar-refractivity contribution in [3.63, 3.8) is 0 Å². The van der Waals surface area contributed by atoms with E-state index in [0.29, 0.717) is 6.54 Å². The Morgan fingerprint density at radius 2 is 2.70 bits per heavy atom. The Balaban J connectivity index is 1.93. The molecule has 1 aliphatic rings. The SMILES string of the molecule is NCCNCC1CC=NO1. The highest BCUT2D eigenvalue weighted by Gasteiger charge is 2.11. The lowest BCUT2D eigenvalue weighted by Crippen LogP contribution is -2.30. The van der Waals surface area contributed by atoms with Crippen molar-refractivity contribution < 1.29 is 4.84 Å². The van der Waals surface area contributed by atoms with Crippen LogP contribution in [-0.4, -0.2) is 32.0 Å². The van der Waals surface area contributed by atoms with Crippen LogP contribution in [0.2, 0.25) is 0 Å². The molecule has 1 heterocycles. The fraction of sp³-hybridized carbons (Fsp3) is 0.833. The lowest BCUT2D eigenvalue weighted by atomic mass is 10.3. The molecule has 0 aromatic carbocycles. The highest BCUT2D eigenvalue weighted by molar-refractivity contribution is 5.58. The van der Waals surface area contributed by atoms with Crippen LogP contribution in [0.3, 0.4) is 0 Å². The van der Waals surface area contributed by atoms with Crippen LogP contribution in [-0.2, 0) is 4.84 Å². The number of rotatable bonds is 4. The molecule has 1 unspecified atom stereocenters. The van der Waals surface area contributed by atoms with Crippen LogP contribution in [0, 0.1) is 0 Å². The number of nitrogens with zero attached hydrogens (tertiary/aromatic N) is 1. The third-order valence-electron chi connectivity index (χ3n) is 1.35. The monoisotopic (exact) mass is 143 g/mol. The molecule has 0 spiro atoms. The number of hydrogen-bond acceptors (Lipinski definition) is 4. The van der Waals surface area contributed by atoms with Crippen LogP contribution < -0.4 is 11.1 Å². The molecule has 1 aliphatic heterocycles. The van der Waals surface area contributed by atoms with Crippen LogP contribution in [0.25, 0.3) is 0 Å². The maximum Gasteiger partial charge on any atom is 0.144 e. The summed E-state index contributed by atoms with van der Waals surface area (Å²) in [6, 6.07) is 0. The summed E-state index contributed by atoms with van der Waals surface area (Å²) in [5, 5.41) is 6.79. The van der Waals surface area contributed by atoms with Gasteiger partial charge in [-0.3, -0.25) is 0 Å². The largest absolute Gasteiger partial charge is 0.391 e. The fourth-order valence-electron chi connectivity index (χ4n) is 0.818. The van der Waals surface area contributed by atoms with Crippen molar-refractivity contribution >= 4 is 6.21 Å². The average Bonchev–Trinajstić information content (AvgIpc) is 2.41. The summed E-state index contributed by atoms with van der Waals surface area (Å²) in [6.45, 7) is 2.37. The van der Waals surface area contributed by atoms with Crippen LogP contribution in [0.4, 0.5) is 0 Å². The maximum absolute atomic E-state index is 5.28. The average molecular weight is 143 g/mol. The molecule has 0 saturated carbocycles. The summed E-state index contributed by atoms with van der Waals surface area (Å²) in [4.78, 5) is 4.97. The molecule has 0 aromatic heterocycles. The van der Waals surface area contributed by atoms with Crippen molar-refractivity contribution in [1.29, 1.82) is 0 Å². The number of nitrogens with one attached hydrogen (secondary N) is 1. The van der Waals surface area contributed by atoms with E-state index >= 15 is 0 Å². The zero-order chi connectivity index (χ0) is 7.23. The maximum atomic E-state index is 5.28. The second-order valence-electron chi connectivity index (χ2n) is 2.24. The van der Waals surface area contributed by atoms with Crippen molar-refractivity contribution in [2.24, 2.45) is 10.9 Å². The van der Waals surface area contributed by atoms with Crippen molar-refractivity contribution in [2.45, 2.75) is 12.5 Å². The van der Waals surface area contributed by atoms with E-state index in [1.165, 1.54) is 0 Å². The van der Waals surface area contributed by atoms with E-state index in [1.807, 2.05) is 0 Å². The summed E-state index contributed by atoms with van der Waals surface area (Å²) in [5.41, 5.74) is 5.28. The molecule has 3 N–H and O–H groups in total. The van der Waals surface area contributed by atoms with Gasteiger partial charge >= 0.3 is 0 Å². The van der Waals surface area contributed by atoms with E-state index in [0.717, 1.165) is 19.5 Å². The molecule has 4 nitrogen and oxygen atoms in total. The molecule has 0 bridgehead atoms. The van der Waals surface area contributed by atoms with Gasteiger partial charge in [0.25, 0.3) is 0 Å². The summed E-state index contributed by atoms with van der Waals surface area (Å²) in [6.07, 6.45) is 2.93. The van der Waals surface area contributed by atoms with Gasteiger partial charge < -0.3 is 15.9 Å². The van der Waals surface area contributed by atoms with Crippen molar-refractivity contribution in [3.05, 3.63) is 0 Å². The molecule has 0 amide bonds. The first kappa shape index (κ1) is 7.50. The van der Waals surface area contributed by atoms with Gasteiger partial charge in [-0.2, -0.15) is 0 Å². The molecule has 58 valence electrons. The minimum Gasteiger partial charge on any atom is -0.391 e. The van der Waals surface area contributed by atoms with Gasteiger partial charge in [0.05, 0.1) is 0 Å². The van der Waals surface area contributed by atoms with Crippen LogP contribution in [0.5, 0.6) is 0 Å². The molecule has 10 heavy (non-hydrogen) atoms. The first-order valence-corrected chi connectivity index (χ1v) is 3.52. The van der Waals surface area contributed by atoms with Gasteiger partial charge in [-0.25, -0.2) is 0 Å². The van der Waals surface area contributed by atoms with Crippen molar-refractivity contribution in [3.8, 4) is 0 Å². The minimum atomic E-state index is 0.228. The quantitative estimate of drug-likeness (QED) is 0.512. The van der Waals surface area contributed by atoms with Crippen LogP contribution in [0.15, 0.2) is 5.16 Å². The highest BCUT2D eigenvalue weighted by atomic mass is 16.6. The summed E-state index contributed by atoms with van der Waals surface area (Å²) in [7, 11) is 0. The Morgan fingerprint density at radius 1 is 1.80 bits per heavy atom. The fourth-order valence-corrected chi connectivity index (χ4v) is 0.818. The lowest BCUT2D eigenvalue weighted by molar-refractivity contribution is 0.0854. The van der Waals surface area contributed by atoms with E-state index in [4.69, 9.17) is 10.6 Å². The number of nitrogens with two attached hydrogens (primary N) is 1. The number of hydrogen-bond donors (Lipinski definition) is 2. The van der Waals surface area contributed by atoms with Gasteiger partial charge in [-0.1, -0.05) is 5.16 Å². The second-order valence-corrected chi connectivity index (χ2v) is 2.24. The molecule has 1 atom stereocenters. The Bertz CT molecular complexity index is 108. The first-order valence-electron chi connectivity index (χ1n) is 3.52. The van der Waals surface area contributed by atoms with Gasteiger partial charge in [-0.15, -0.1) is 0 Å². The molecule has 0 radical (unpaired) electrons. The first-order chi connectivity index (χ1) is 4.93. The van der Waals surface area contributed by atoms with Gasteiger partial charge in [-0.05, 0) is 0 Å². The van der Waals surface area contributed by atoms with E-state index in [1.54, 1.807) is 6.21 Å². The molecule has 0 aliphatic carbocycles. The van der Waals surface area contributed by atoms with Crippen molar-refractivity contribution in [1.82, 2.24) is 5.32 Å². The smallest absolute Gasteiger partial charge is 0.144 e. The van der Waals surface area contributed by atoms with Gasteiger partial charge in [0.15, 0.2) is 0 Å². The van der Waals surface area contributed by atoms with Gasteiger partial charge in [0, 0.05) is 32.3 Å². The summed E-state index contributed by atoms with van der Waals surface area (Å²) < 4.78 is 0. The van der Waals surface area contributed by atoms with E-state index in [9.17, 15) is 0 Å². The Labute approximate surface area is 60.4 Å². The van der Waals surface area contributed by atoms with E-state index in [2.05, 4.69) is 10.5 Å². The van der Waals surface area contributed by atoms with Gasteiger partial charge in [0.2, 0.25) is 0 Å². The van der Waals surface area contributed by atoms with Crippen LogP contribution >= 0.6 is 0 Å². The molecule has 0 fully saturated rings. The molecule has 0 saturated heterocycles. The third-order valence-corrected chi connectivity index (χ3v) is 1.35. The summed E-state index contributed by atoms with van der Waals surface area (Å²) in [5.74, 6) is 0. The van der Waals surface area contributed by atoms with Gasteiger partial charge in [0.1, 0.15) is 6.10 Å². The molecular formula is C6H13N3O. The second kappa shape index (κ2) is 4.24. The Morgan fingerprint density at radius 3 is 3.30 bits per heavy atom. The predicted octanol–water partition coefficient (Wildman–Crippen LogP) is -0.691. The predicted molar refractivity (Wildman–Crippen MR) is 39.9 cm³/mol. The van der Waals surface area contributed by atoms with E-state index < -0.39 is 0 Å². The minimum absolute atomic E-state index is 0.228. The third kappa shape index (κ3) is 2.33. The zero-order valence-corrected chi connectivity index (χ0v) is 5.92. The molecule has 0 aromatic rings. The Hall–Kier alpha value is -0.610. The highest BCUT2D eigenvalue weighted by Crippen LogP contribution is 2.01. The van der Waals surface area contributed by atoms with Crippen molar-refractivity contribution in [2.75, 3.05) is 19.6 Å². The Kier molecular flexibility index (Phi) is 3.18. The lowest BCUT2D eigenvalue weighted by Gasteiger charge is -2.07. The normalized spacial score (nSPS) is 23.1. The molecule has 1 rings (SSSR count). The topological polar surface area (TPSA) is 59.6 Å². The summed E-state index contributed by atoms with van der Waals surface area (Å²) >= 11 is 0. The zero-order valence-electron chi connectivity index (χ0n) is 5.92. The standard InChI is InChI=1S/C6H13N3O/c7-2-4-8-5-6-1-3-9-10-6/h3,6,8H,1-2,4-5,7H2. The number of oxime groups is 1. The molecule has 4 heteroatoms. The van der Waals surface area contributed by atoms with Crippen LogP contribution in [0.1, 0.15) is 6.42 Å². The van der Waals surface area contributed by atoms with E-state index in [-0.39, 0.29) is 6.10 Å². The molecular weight excluding hydrogens is 130 g/mol.